The second kappa shape index (κ2) is 5.85. The molecule has 0 saturated heterocycles. The summed E-state index contributed by atoms with van der Waals surface area (Å²) in [6.07, 6.45) is 1.71. The van der Waals surface area contributed by atoms with Crippen molar-refractivity contribution in [1.82, 2.24) is 5.32 Å². The van der Waals surface area contributed by atoms with Crippen molar-refractivity contribution >= 4 is 17.8 Å². The van der Waals surface area contributed by atoms with Crippen LogP contribution in [-0.4, -0.2) is 11.7 Å². The summed E-state index contributed by atoms with van der Waals surface area (Å²) >= 11 is 0. The van der Waals surface area contributed by atoms with Gasteiger partial charge in [0, 0.05) is 6.54 Å². The first-order valence-electron chi connectivity index (χ1n) is 5.09. The highest BCUT2D eigenvalue weighted by Gasteiger charge is 2.03. The van der Waals surface area contributed by atoms with E-state index in [0.717, 1.165) is 11.1 Å². The van der Waals surface area contributed by atoms with Gasteiger partial charge in [0.1, 0.15) is 5.78 Å². The minimum atomic E-state index is -0.236. The zero-order valence-electron chi connectivity index (χ0n) is 9.32. The Hall–Kier alpha value is -1.90. The van der Waals surface area contributed by atoms with E-state index in [-0.39, 0.29) is 18.1 Å². The molecule has 0 atom stereocenters. The zero-order valence-corrected chi connectivity index (χ0v) is 9.32. The van der Waals surface area contributed by atoms with Gasteiger partial charge in [-0.3, -0.25) is 9.59 Å². The van der Waals surface area contributed by atoms with Gasteiger partial charge in [0.15, 0.2) is 0 Å². The van der Waals surface area contributed by atoms with E-state index in [1.165, 1.54) is 6.92 Å². The van der Waals surface area contributed by atoms with Gasteiger partial charge in [0.25, 0.3) is 0 Å². The first-order valence-corrected chi connectivity index (χ1v) is 5.09. The maximum Gasteiger partial charge on any atom is 0.227 e. The molecular formula is C13H15NO2. The van der Waals surface area contributed by atoms with E-state index in [0.29, 0.717) is 6.54 Å². The van der Waals surface area contributed by atoms with Gasteiger partial charge in [-0.25, -0.2) is 0 Å². The van der Waals surface area contributed by atoms with E-state index in [4.69, 9.17) is 0 Å². The molecule has 3 heteroatoms. The molecule has 0 spiro atoms. The van der Waals surface area contributed by atoms with Crippen molar-refractivity contribution in [3.05, 3.63) is 42.0 Å². The van der Waals surface area contributed by atoms with Crippen LogP contribution in [0.3, 0.4) is 0 Å². The Morgan fingerprint density at radius 1 is 1.31 bits per heavy atom. The number of nitrogens with one attached hydrogen (secondary N) is 1. The molecule has 1 aromatic rings. The van der Waals surface area contributed by atoms with E-state index in [2.05, 4.69) is 11.9 Å². The Kier molecular flexibility index (Phi) is 4.45. The third kappa shape index (κ3) is 4.09. The highest BCUT2D eigenvalue weighted by Crippen LogP contribution is 2.05. The van der Waals surface area contributed by atoms with Crippen molar-refractivity contribution < 1.29 is 9.59 Å². The molecule has 16 heavy (non-hydrogen) atoms. The van der Waals surface area contributed by atoms with Crippen LogP contribution in [0.25, 0.3) is 6.08 Å². The average molecular weight is 217 g/mol. The third-order valence-corrected chi connectivity index (χ3v) is 2.11. The lowest BCUT2D eigenvalue weighted by atomic mass is 10.1. The van der Waals surface area contributed by atoms with Crippen molar-refractivity contribution in [2.45, 2.75) is 19.9 Å². The van der Waals surface area contributed by atoms with Crippen molar-refractivity contribution in [3.8, 4) is 0 Å². The number of carbonyl (C=O) groups is 2. The summed E-state index contributed by atoms with van der Waals surface area (Å²) in [5.41, 5.74) is 2.04. The fourth-order valence-electron chi connectivity index (χ4n) is 1.26. The summed E-state index contributed by atoms with van der Waals surface area (Å²) < 4.78 is 0. The van der Waals surface area contributed by atoms with Crippen LogP contribution in [0.2, 0.25) is 0 Å². The van der Waals surface area contributed by atoms with E-state index < -0.39 is 0 Å². The number of amides is 1. The highest BCUT2D eigenvalue weighted by atomic mass is 16.2. The minimum Gasteiger partial charge on any atom is -0.352 e. The fraction of sp³-hybridized carbons (Fsp3) is 0.231. The average Bonchev–Trinajstić information content (AvgIpc) is 2.26. The van der Waals surface area contributed by atoms with Crippen molar-refractivity contribution in [1.29, 1.82) is 0 Å². The van der Waals surface area contributed by atoms with E-state index in [1.807, 2.05) is 24.3 Å². The molecule has 84 valence electrons. The summed E-state index contributed by atoms with van der Waals surface area (Å²) in [4.78, 5) is 21.9. The number of ketones is 1. The molecule has 0 aromatic heterocycles. The molecule has 1 amide bonds. The number of Topliss-reactive ketones (excluding diaryl/α,β-unsaturated/α-hetero) is 1. The van der Waals surface area contributed by atoms with Crippen LogP contribution in [-0.2, 0) is 16.1 Å². The van der Waals surface area contributed by atoms with Crippen LogP contribution in [0, 0.1) is 0 Å². The smallest absolute Gasteiger partial charge is 0.227 e. The molecule has 0 fully saturated rings. The largest absolute Gasteiger partial charge is 0.352 e. The third-order valence-electron chi connectivity index (χ3n) is 2.11. The lowest BCUT2D eigenvalue weighted by molar-refractivity contribution is -0.127. The molecule has 0 heterocycles. The molecule has 0 radical (unpaired) electrons. The van der Waals surface area contributed by atoms with Gasteiger partial charge >= 0.3 is 0 Å². The molecule has 0 saturated carbocycles. The maximum absolute atomic E-state index is 11.2. The molecule has 0 aliphatic carbocycles. The van der Waals surface area contributed by atoms with E-state index >= 15 is 0 Å². The molecule has 0 aliphatic heterocycles. The van der Waals surface area contributed by atoms with E-state index in [9.17, 15) is 9.59 Å². The Labute approximate surface area is 95.2 Å². The Bertz CT molecular complexity index is 393. The van der Waals surface area contributed by atoms with Crippen LogP contribution in [0.4, 0.5) is 0 Å². The predicted molar refractivity (Wildman–Crippen MR) is 63.7 cm³/mol. The Balaban J connectivity index is 2.45. The van der Waals surface area contributed by atoms with Gasteiger partial charge in [0.2, 0.25) is 5.91 Å². The van der Waals surface area contributed by atoms with Crippen LogP contribution < -0.4 is 5.32 Å². The summed E-state index contributed by atoms with van der Waals surface area (Å²) in [7, 11) is 0. The second-order valence-electron chi connectivity index (χ2n) is 3.60. The molecular weight excluding hydrogens is 202 g/mol. The van der Waals surface area contributed by atoms with Crippen molar-refractivity contribution in [2.24, 2.45) is 0 Å². The summed E-state index contributed by atoms with van der Waals surface area (Å²) in [5, 5.41) is 2.68. The van der Waals surface area contributed by atoms with Gasteiger partial charge in [-0.05, 0) is 18.1 Å². The molecule has 1 N–H and O–H groups in total. The monoisotopic (exact) mass is 217 g/mol. The molecule has 1 aromatic carbocycles. The second-order valence-corrected chi connectivity index (χ2v) is 3.60. The quantitative estimate of drug-likeness (QED) is 0.766. The van der Waals surface area contributed by atoms with Crippen LogP contribution in [0.5, 0.6) is 0 Å². The summed E-state index contributed by atoms with van der Waals surface area (Å²) in [6.45, 7) is 5.51. The SMILES string of the molecule is C=Cc1ccc(CNC(=O)CC(C)=O)cc1. The number of carbonyl (C=O) groups excluding carboxylic acids is 2. The Morgan fingerprint density at radius 3 is 2.44 bits per heavy atom. The summed E-state index contributed by atoms with van der Waals surface area (Å²) in [5.74, 6) is -0.361. The van der Waals surface area contributed by atoms with Gasteiger partial charge in [-0.1, -0.05) is 36.9 Å². The predicted octanol–water partition coefficient (Wildman–Crippen LogP) is 1.92. The lowest BCUT2D eigenvalue weighted by Crippen LogP contribution is -2.24. The number of hydrogen-bond acceptors (Lipinski definition) is 2. The Morgan fingerprint density at radius 2 is 1.94 bits per heavy atom. The molecule has 0 unspecified atom stereocenters. The zero-order chi connectivity index (χ0) is 12.0. The number of rotatable bonds is 5. The molecule has 0 aliphatic rings. The normalized spacial score (nSPS) is 9.56. The first kappa shape index (κ1) is 12.2. The van der Waals surface area contributed by atoms with Crippen LogP contribution in [0.1, 0.15) is 24.5 Å². The van der Waals surface area contributed by atoms with Gasteiger partial charge in [-0.15, -0.1) is 0 Å². The molecule has 3 nitrogen and oxygen atoms in total. The van der Waals surface area contributed by atoms with Gasteiger partial charge < -0.3 is 5.32 Å². The number of benzene rings is 1. The number of hydrogen-bond donors (Lipinski definition) is 1. The lowest BCUT2D eigenvalue weighted by Gasteiger charge is -2.04. The van der Waals surface area contributed by atoms with Crippen molar-refractivity contribution in [3.63, 3.8) is 0 Å². The fourth-order valence-corrected chi connectivity index (χ4v) is 1.26. The first-order chi connectivity index (χ1) is 7.61. The van der Waals surface area contributed by atoms with E-state index in [1.54, 1.807) is 6.08 Å². The minimum absolute atomic E-state index is 0.0509. The van der Waals surface area contributed by atoms with Gasteiger partial charge in [-0.2, -0.15) is 0 Å². The van der Waals surface area contributed by atoms with Crippen LogP contribution in [0.15, 0.2) is 30.8 Å². The molecule has 0 bridgehead atoms. The van der Waals surface area contributed by atoms with Crippen LogP contribution >= 0.6 is 0 Å². The highest BCUT2D eigenvalue weighted by molar-refractivity contribution is 5.96. The molecule has 1 rings (SSSR count). The maximum atomic E-state index is 11.2. The van der Waals surface area contributed by atoms with Crippen molar-refractivity contribution in [2.75, 3.05) is 0 Å². The standard InChI is InChI=1S/C13H15NO2/c1-3-11-4-6-12(7-5-11)9-14-13(16)8-10(2)15/h3-7H,1,8-9H2,2H3,(H,14,16). The topological polar surface area (TPSA) is 46.2 Å². The summed E-state index contributed by atoms with van der Waals surface area (Å²) in [6, 6.07) is 7.70. The van der Waals surface area contributed by atoms with Gasteiger partial charge in [0.05, 0.1) is 6.42 Å².